The van der Waals surface area contributed by atoms with Crippen LogP contribution in [0, 0.1) is 25.2 Å². The molecular formula is C15H16N4O. The number of nitriles is 1. The first kappa shape index (κ1) is 13.8. The molecule has 0 bridgehead atoms. The Morgan fingerprint density at radius 3 is 2.50 bits per heavy atom. The summed E-state index contributed by atoms with van der Waals surface area (Å²) in [6.07, 6.45) is 0. The molecule has 1 atom stereocenters. The molecule has 0 amide bonds. The summed E-state index contributed by atoms with van der Waals surface area (Å²) in [5.74, 6) is 0.613. The minimum absolute atomic E-state index is 0.122. The lowest BCUT2D eigenvalue weighted by molar-refractivity contribution is 0.814. The minimum atomic E-state index is -0.167. The molecule has 102 valence electrons. The number of hydrogen-bond acceptors (Lipinski definition) is 4. The Labute approximate surface area is 117 Å². The summed E-state index contributed by atoms with van der Waals surface area (Å²) in [6, 6.07) is 9.01. The quantitative estimate of drug-likeness (QED) is 0.895. The van der Waals surface area contributed by atoms with Gasteiger partial charge < -0.3 is 10.3 Å². The van der Waals surface area contributed by atoms with E-state index in [9.17, 15) is 4.79 Å². The van der Waals surface area contributed by atoms with Crippen molar-refractivity contribution < 1.29 is 0 Å². The number of benzene rings is 1. The van der Waals surface area contributed by atoms with Crippen LogP contribution in [0.5, 0.6) is 0 Å². The van der Waals surface area contributed by atoms with E-state index in [1.165, 1.54) is 0 Å². The Morgan fingerprint density at radius 2 is 1.95 bits per heavy atom. The molecule has 1 heterocycles. The third-order valence-corrected chi connectivity index (χ3v) is 3.09. The molecule has 5 heteroatoms. The summed E-state index contributed by atoms with van der Waals surface area (Å²) in [6.45, 7) is 5.50. The Balaban J connectivity index is 2.26. The van der Waals surface area contributed by atoms with Gasteiger partial charge in [-0.25, -0.2) is 4.98 Å². The molecule has 1 unspecified atom stereocenters. The highest BCUT2D eigenvalue weighted by Crippen LogP contribution is 2.18. The van der Waals surface area contributed by atoms with E-state index in [2.05, 4.69) is 21.4 Å². The number of aromatic amines is 1. The molecule has 0 aliphatic rings. The lowest BCUT2D eigenvalue weighted by Gasteiger charge is -2.16. The highest BCUT2D eigenvalue weighted by Gasteiger charge is 2.14. The van der Waals surface area contributed by atoms with Gasteiger partial charge in [0.1, 0.15) is 5.82 Å². The zero-order valence-corrected chi connectivity index (χ0v) is 11.7. The second-order valence-corrected chi connectivity index (χ2v) is 4.71. The van der Waals surface area contributed by atoms with Crippen molar-refractivity contribution in [2.24, 2.45) is 0 Å². The first-order valence-electron chi connectivity index (χ1n) is 6.35. The summed E-state index contributed by atoms with van der Waals surface area (Å²) in [5, 5.41) is 12.0. The van der Waals surface area contributed by atoms with Crippen LogP contribution in [0.3, 0.4) is 0 Å². The van der Waals surface area contributed by atoms with Crippen molar-refractivity contribution >= 4 is 5.69 Å². The molecule has 0 spiro atoms. The average molecular weight is 268 g/mol. The molecule has 2 aromatic rings. The van der Waals surface area contributed by atoms with Gasteiger partial charge in [0, 0.05) is 5.69 Å². The summed E-state index contributed by atoms with van der Waals surface area (Å²) < 4.78 is 0. The number of nitrogens with one attached hydrogen (secondary N) is 2. The first-order chi connectivity index (χ1) is 9.51. The fourth-order valence-electron chi connectivity index (χ4n) is 2.21. The van der Waals surface area contributed by atoms with Crippen LogP contribution in [0.1, 0.15) is 35.6 Å². The minimum Gasteiger partial charge on any atom is -0.378 e. The monoisotopic (exact) mass is 268 g/mol. The third kappa shape index (κ3) is 2.86. The van der Waals surface area contributed by atoms with Crippen molar-refractivity contribution in [3.63, 3.8) is 0 Å². The van der Waals surface area contributed by atoms with Crippen molar-refractivity contribution in [2.45, 2.75) is 26.8 Å². The topological polar surface area (TPSA) is 81.6 Å². The molecule has 1 aromatic carbocycles. The van der Waals surface area contributed by atoms with Crippen molar-refractivity contribution in [1.29, 1.82) is 5.26 Å². The molecule has 0 fully saturated rings. The van der Waals surface area contributed by atoms with Crippen LogP contribution in [-0.4, -0.2) is 9.97 Å². The van der Waals surface area contributed by atoms with E-state index in [0.29, 0.717) is 17.0 Å². The fraction of sp³-hybridized carbons (Fsp3) is 0.267. The Kier molecular flexibility index (Phi) is 3.85. The van der Waals surface area contributed by atoms with Crippen LogP contribution in [0.15, 0.2) is 29.1 Å². The van der Waals surface area contributed by atoms with Gasteiger partial charge in [-0.1, -0.05) is 0 Å². The van der Waals surface area contributed by atoms with E-state index in [0.717, 1.165) is 11.4 Å². The predicted molar refractivity (Wildman–Crippen MR) is 77.5 cm³/mol. The van der Waals surface area contributed by atoms with Crippen molar-refractivity contribution in [3.05, 3.63) is 57.3 Å². The molecule has 2 rings (SSSR count). The largest absolute Gasteiger partial charge is 0.378 e. The second kappa shape index (κ2) is 5.57. The lowest BCUT2D eigenvalue weighted by atomic mass is 10.1. The van der Waals surface area contributed by atoms with Gasteiger partial charge in [-0.2, -0.15) is 5.26 Å². The van der Waals surface area contributed by atoms with Crippen LogP contribution in [-0.2, 0) is 0 Å². The molecule has 2 N–H and O–H groups in total. The number of rotatable bonds is 3. The van der Waals surface area contributed by atoms with E-state index in [4.69, 9.17) is 5.26 Å². The predicted octanol–water partition coefficient (Wildman–Crippen LogP) is 2.43. The van der Waals surface area contributed by atoms with Gasteiger partial charge in [0.2, 0.25) is 0 Å². The van der Waals surface area contributed by atoms with Crippen LogP contribution >= 0.6 is 0 Å². The van der Waals surface area contributed by atoms with E-state index in [1.54, 1.807) is 19.1 Å². The fourth-order valence-corrected chi connectivity index (χ4v) is 2.21. The average Bonchev–Trinajstić information content (AvgIpc) is 2.38. The van der Waals surface area contributed by atoms with E-state index in [-0.39, 0.29) is 11.6 Å². The molecule has 0 radical (unpaired) electrons. The van der Waals surface area contributed by atoms with Gasteiger partial charge >= 0.3 is 0 Å². The summed E-state index contributed by atoms with van der Waals surface area (Å²) in [5.41, 5.74) is 2.69. The van der Waals surface area contributed by atoms with Crippen molar-refractivity contribution in [1.82, 2.24) is 9.97 Å². The number of hydrogen-bond donors (Lipinski definition) is 2. The van der Waals surface area contributed by atoms with E-state index in [1.807, 2.05) is 26.0 Å². The number of nitrogens with zero attached hydrogens (tertiary/aromatic N) is 2. The molecular weight excluding hydrogens is 252 g/mol. The van der Waals surface area contributed by atoms with Gasteiger partial charge in [-0.15, -0.1) is 0 Å². The normalized spacial score (nSPS) is 11.7. The van der Waals surface area contributed by atoms with Gasteiger partial charge in [0.15, 0.2) is 0 Å². The highest BCUT2D eigenvalue weighted by molar-refractivity contribution is 5.48. The molecule has 1 aromatic heterocycles. The molecule has 0 aliphatic carbocycles. The van der Waals surface area contributed by atoms with Crippen LogP contribution in [0.4, 0.5) is 5.69 Å². The number of H-pyrrole nitrogens is 1. The molecule has 5 nitrogen and oxygen atoms in total. The van der Waals surface area contributed by atoms with Crippen molar-refractivity contribution in [3.8, 4) is 6.07 Å². The number of anilines is 1. The number of aromatic nitrogens is 2. The maximum atomic E-state index is 12.0. The number of aryl methyl sites for hydroxylation is 2. The molecule has 20 heavy (non-hydrogen) atoms. The van der Waals surface area contributed by atoms with Gasteiger partial charge in [-0.3, -0.25) is 4.79 Å². The Hall–Kier alpha value is -2.61. The summed E-state index contributed by atoms with van der Waals surface area (Å²) >= 11 is 0. The molecule has 0 saturated carbocycles. The van der Waals surface area contributed by atoms with Crippen LogP contribution in [0.2, 0.25) is 0 Å². The van der Waals surface area contributed by atoms with Gasteiger partial charge in [0.25, 0.3) is 5.56 Å². The van der Waals surface area contributed by atoms with Crippen molar-refractivity contribution in [2.75, 3.05) is 5.32 Å². The zero-order chi connectivity index (χ0) is 14.7. The third-order valence-electron chi connectivity index (χ3n) is 3.09. The zero-order valence-electron chi connectivity index (χ0n) is 11.7. The highest BCUT2D eigenvalue weighted by atomic mass is 16.1. The summed E-state index contributed by atoms with van der Waals surface area (Å²) in [7, 11) is 0. The van der Waals surface area contributed by atoms with Gasteiger partial charge in [0.05, 0.1) is 28.9 Å². The first-order valence-corrected chi connectivity index (χ1v) is 6.35. The van der Waals surface area contributed by atoms with E-state index < -0.39 is 0 Å². The molecule has 0 aliphatic heterocycles. The van der Waals surface area contributed by atoms with Crippen LogP contribution < -0.4 is 10.9 Å². The maximum absolute atomic E-state index is 12.0. The molecule has 0 saturated heterocycles. The van der Waals surface area contributed by atoms with Crippen LogP contribution in [0.25, 0.3) is 0 Å². The second-order valence-electron chi connectivity index (χ2n) is 4.71. The standard InChI is InChI=1S/C15H16N4O/c1-9-14(15(20)19-11(3)17-9)10(2)18-13-6-4-12(8-16)5-7-13/h4-7,10,18H,1-3H3,(H,17,19,20). The maximum Gasteiger partial charge on any atom is 0.256 e. The summed E-state index contributed by atoms with van der Waals surface area (Å²) in [4.78, 5) is 19.0. The SMILES string of the molecule is Cc1nc(C)c(C(C)Nc2ccc(C#N)cc2)c(=O)[nH]1. The lowest BCUT2D eigenvalue weighted by Crippen LogP contribution is -2.23. The smallest absolute Gasteiger partial charge is 0.256 e. The van der Waals surface area contributed by atoms with E-state index >= 15 is 0 Å². The Morgan fingerprint density at radius 1 is 1.30 bits per heavy atom. The van der Waals surface area contributed by atoms with Gasteiger partial charge in [-0.05, 0) is 45.0 Å². The Bertz CT molecular complexity index is 710.